The van der Waals surface area contributed by atoms with E-state index in [0.29, 0.717) is 28.6 Å². The third-order valence-corrected chi connectivity index (χ3v) is 4.36. The molecule has 4 rings (SSSR count). The minimum absolute atomic E-state index is 0.290. The van der Waals surface area contributed by atoms with Gasteiger partial charge in [0.05, 0.1) is 42.7 Å². The van der Waals surface area contributed by atoms with Gasteiger partial charge in [0.25, 0.3) is 5.91 Å². The SMILES string of the molecule is COc1ccc(C(=O)Nc2ccc(-n3cnc4ccccc43)nc2)c(OC)c1. The van der Waals surface area contributed by atoms with Gasteiger partial charge in [-0.15, -0.1) is 0 Å². The molecule has 2 aromatic heterocycles. The molecule has 1 N–H and O–H groups in total. The number of imidazole rings is 1. The quantitative estimate of drug-likeness (QED) is 0.576. The van der Waals surface area contributed by atoms with Crippen LogP contribution in [0.15, 0.2) is 67.1 Å². The number of para-hydroxylation sites is 2. The van der Waals surface area contributed by atoms with Crippen LogP contribution in [0.25, 0.3) is 16.9 Å². The van der Waals surface area contributed by atoms with Gasteiger partial charge in [-0.25, -0.2) is 9.97 Å². The molecule has 0 atom stereocenters. The third kappa shape index (κ3) is 3.25. The minimum atomic E-state index is -0.290. The summed E-state index contributed by atoms with van der Waals surface area (Å²) in [4.78, 5) is 21.4. The first-order valence-corrected chi connectivity index (χ1v) is 8.61. The van der Waals surface area contributed by atoms with Gasteiger partial charge < -0.3 is 14.8 Å². The molecule has 0 radical (unpaired) electrons. The fourth-order valence-electron chi connectivity index (χ4n) is 2.93. The van der Waals surface area contributed by atoms with Crippen LogP contribution in [-0.4, -0.2) is 34.7 Å². The summed E-state index contributed by atoms with van der Waals surface area (Å²) < 4.78 is 12.3. The van der Waals surface area contributed by atoms with E-state index in [0.717, 1.165) is 11.0 Å². The average molecular weight is 374 g/mol. The monoisotopic (exact) mass is 374 g/mol. The number of aromatic nitrogens is 3. The number of nitrogens with one attached hydrogen (secondary N) is 1. The first-order chi connectivity index (χ1) is 13.7. The van der Waals surface area contributed by atoms with E-state index in [4.69, 9.17) is 9.47 Å². The van der Waals surface area contributed by atoms with Crippen LogP contribution in [0.1, 0.15) is 10.4 Å². The molecule has 0 bridgehead atoms. The molecule has 1 amide bonds. The van der Waals surface area contributed by atoms with Crippen LogP contribution in [0.5, 0.6) is 11.5 Å². The van der Waals surface area contributed by atoms with Gasteiger partial charge in [-0.1, -0.05) is 12.1 Å². The Morgan fingerprint density at radius 3 is 2.61 bits per heavy atom. The average Bonchev–Trinajstić information content (AvgIpc) is 3.18. The molecule has 2 heterocycles. The summed E-state index contributed by atoms with van der Waals surface area (Å²) >= 11 is 0. The lowest BCUT2D eigenvalue weighted by atomic mass is 10.1. The van der Waals surface area contributed by atoms with E-state index in [1.54, 1.807) is 43.9 Å². The largest absolute Gasteiger partial charge is 0.497 e. The summed E-state index contributed by atoms with van der Waals surface area (Å²) in [6, 6.07) is 16.5. The predicted octanol–water partition coefficient (Wildman–Crippen LogP) is 3.69. The second kappa shape index (κ2) is 7.40. The molecule has 0 aliphatic heterocycles. The molecule has 7 heteroatoms. The Morgan fingerprint density at radius 2 is 1.86 bits per heavy atom. The molecule has 4 aromatic rings. The maximum Gasteiger partial charge on any atom is 0.259 e. The molecule has 0 aliphatic carbocycles. The van der Waals surface area contributed by atoms with Gasteiger partial charge >= 0.3 is 0 Å². The van der Waals surface area contributed by atoms with Gasteiger partial charge in [0.2, 0.25) is 0 Å². The summed E-state index contributed by atoms with van der Waals surface area (Å²) in [5.41, 5.74) is 2.85. The van der Waals surface area contributed by atoms with Crippen molar-refractivity contribution in [1.82, 2.24) is 14.5 Å². The maximum atomic E-state index is 12.6. The van der Waals surface area contributed by atoms with Crippen molar-refractivity contribution in [3.63, 3.8) is 0 Å². The Kier molecular flexibility index (Phi) is 4.63. The van der Waals surface area contributed by atoms with Crippen molar-refractivity contribution >= 4 is 22.6 Å². The normalized spacial score (nSPS) is 10.6. The Morgan fingerprint density at radius 1 is 1.00 bits per heavy atom. The Labute approximate surface area is 161 Å². The number of methoxy groups -OCH3 is 2. The maximum absolute atomic E-state index is 12.6. The van der Waals surface area contributed by atoms with Crippen molar-refractivity contribution in [3.8, 4) is 17.3 Å². The van der Waals surface area contributed by atoms with Gasteiger partial charge in [-0.2, -0.15) is 0 Å². The molecule has 28 heavy (non-hydrogen) atoms. The van der Waals surface area contributed by atoms with Crippen molar-refractivity contribution in [2.45, 2.75) is 0 Å². The highest BCUT2D eigenvalue weighted by molar-refractivity contribution is 6.06. The first-order valence-electron chi connectivity index (χ1n) is 8.61. The van der Waals surface area contributed by atoms with E-state index in [1.165, 1.54) is 7.11 Å². The fraction of sp³-hybridized carbons (Fsp3) is 0.0952. The summed E-state index contributed by atoms with van der Waals surface area (Å²) in [5.74, 6) is 1.48. The number of amides is 1. The number of hydrogen-bond acceptors (Lipinski definition) is 5. The van der Waals surface area contributed by atoms with E-state index >= 15 is 0 Å². The van der Waals surface area contributed by atoms with Crippen LogP contribution < -0.4 is 14.8 Å². The van der Waals surface area contributed by atoms with Crippen molar-refractivity contribution in [2.24, 2.45) is 0 Å². The molecule has 0 saturated heterocycles. The lowest BCUT2D eigenvalue weighted by molar-refractivity contribution is 0.102. The van der Waals surface area contributed by atoms with Crippen LogP contribution in [-0.2, 0) is 0 Å². The zero-order valence-electron chi connectivity index (χ0n) is 15.4. The van der Waals surface area contributed by atoms with Crippen LogP contribution in [0.3, 0.4) is 0 Å². The second-order valence-corrected chi connectivity index (χ2v) is 6.03. The highest BCUT2D eigenvalue weighted by Gasteiger charge is 2.14. The smallest absolute Gasteiger partial charge is 0.259 e. The topological polar surface area (TPSA) is 78.3 Å². The van der Waals surface area contributed by atoms with Crippen molar-refractivity contribution in [2.75, 3.05) is 19.5 Å². The van der Waals surface area contributed by atoms with Crippen LogP contribution in [0.4, 0.5) is 5.69 Å². The highest BCUT2D eigenvalue weighted by Crippen LogP contribution is 2.25. The Balaban J connectivity index is 1.56. The van der Waals surface area contributed by atoms with Crippen LogP contribution in [0, 0.1) is 0 Å². The standard InChI is InChI=1S/C21H18N4O3/c1-27-15-8-9-16(19(11-15)28-2)21(26)24-14-7-10-20(22-12-14)25-13-23-17-5-3-4-6-18(17)25/h3-13H,1-2H3,(H,24,26). The number of carbonyl (C=O) groups is 1. The van der Waals surface area contributed by atoms with Gasteiger partial charge in [0.1, 0.15) is 23.6 Å². The molecule has 140 valence electrons. The summed E-state index contributed by atoms with van der Waals surface area (Å²) in [6.07, 6.45) is 3.34. The zero-order valence-corrected chi connectivity index (χ0v) is 15.4. The minimum Gasteiger partial charge on any atom is -0.497 e. The van der Waals surface area contributed by atoms with E-state index in [9.17, 15) is 4.79 Å². The number of anilines is 1. The fourth-order valence-corrected chi connectivity index (χ4v) is 2.93. The summed E-state index contributed by atoms with van der Waals surface area (Å²) in [5, 5.41) is 2.83. The molecule has 0 saturated carbocycles. The lowest BCUT2D eigenvalue weighted by Gasteiger charge is -2.11. The number of hydrogen-bond donors (Lipinski definition) is 1. The second-order valence-electron chi connectivity index (χ2n) is 6.03. The molecule has 0 aliphatic rings. The van der Waals surface area contributed by atoms with Crippen molar-refractivity contribution < 1.29 is 14.3 Å². The number of nitrogens with zero attached hydrogens (tertiary/aromatic N) is 3. The summed E-state index contributed by atoms with van der Waals surface area (Å²) in [7, 11) is 3.07. The molecule has 0 fully saturated rings. The van der Waals surface area contributed by atoms with Gasteiger partial charge in [-0.3, -0.25) is 9.36 Å². The lowest BCUT2D eigenvalue weighted by Crippen LogP contribution is -2.13. The van der Waals surface area contributed by atoms with E-state index in [1.807, 2.05) is 34.9 Å². The van der Waals surface area contributed by atoms with Gasteiger partial charge in [-0.05, 0) is 36.4 Å². The highest BCUT2D eigenvalue weighted by atomic mass is 16.5. The number of benzene rings is 2. The number of rotatable bonds is 5. The van der Waals surface area contributed by atoms with Gasteiger partial charge in [0, 0.05) is 6.07 Å². The molecule has 7 nitrogen and oxygen atoms in total. The van der Waals surface area contributed by atoms with Gasteiger partial charge in [0.15, 0.2) is 0 Å². The Hall–Kier alpha value is -3.87. The number of carbonyl (C=O) groups excluding carboxylic acids is 1. The molecule has 2 aromatic carbocycles. The van der Waals surface area contributed by atoms with Crippen molar-refractivity contribution in [3.05, 3.63) is 72.7 Å². The predicted molar refractivity (Wildman–Crippen MR) is 106 cm³/mol. The third-order valence-electron chi connectivity index (χ3n) is 4.36. The molecular weight excluding hydrogens is 356 g/mol. The number of fused-ring (bicyclic) bond motifs is 1. The molecular formula is C21H18N4O3. The zero-order chi connectivity index (χ0) is 19.5. The van der Waals surface area contributed by atoms with Crippen LogP contribution >= 0.6 is 0 Å². The first kappa shape index (κ1) is 17.5. The number of ether oxygens (including phenoxy) is 2. The molecule has 0 spiro atoms. The van der Waals surface area contributed by atoms with Crippen molar-refractivity contribution in [1.29, 1.82) is 0 Å². The van der Waals surface area contributed by atoms with E-state index in [-0.39, 0.29) is 5.91 Å². The Bertz CT molecular complexity index is 1140. The number of pyridine rings is 1. The molecule has 0 unspecified atom stereocenters. The van der Waals surface area contributed by atoms with E-state index in [2.05, 4.69) is 15.3 Å². The van der Waals surface area contributed by atoms with Crippen LogP contribution in [0.2, 0.25) is 0 Å². The summed E-state index contributed by atoms with van der Waals surface area (Å²) in [6.45, 7) is 0. The van der Waals surface area contributed by atoms with E-state index < -0.39 is 0 Å².